The van der Waals surface area contributed by atoms with E-state index < -0.39 is 0 Å². The van der Waals surface area contributed by atoms with Crippen molar-refractivity contribution in [1.29, 1.82) is 0 Å². The van der Waals surface area contributed by atoms with Gasteiger partial charge in [0.2, 0.25) is 0 Å². The Bertz CT molecular complexity index is 481. The lowest BCUT2D eigenvalue weighted by Gasteiger charge is -2.16. The first kappa shape index (κ1) is 15.4. The first-order valence-electron chi connectivity index (χ1n) is 6.83. The van der Waals surface area contributed by atoms with Crippen molar-refractivity contribution < 1.29 is 9.66 Å². The smallest absolute Gasteiger partial charge is 0.283 e. The average molecular weight is 343 g/mol. The lowest BCUT2D eigenvalue weighted by Crippen LogP contribution is -2.21. The number of hydrogen-bond donors (Lipinski definition) is 0. The van der Waals surface area contributed by atoms with Crippen molar-refractivity contribution in [3.8, 4) is 0 Å². The van der Waals surface area contributed by atoms with Crippen LogP contribution < -0.4 is 0 Å². The quantitative estimate of drug-likeness (QED) is 0.588. The molecule has 1 heterocycles. The number of rotatable bonds is 6. The number of nitro groups is 1. The van der Waals surface area contributed by atoms with Crippen molar-refractivity contribution in [2.45, 2.75) is 19.9 Å². The Morgan fingerprint density at radius 1 is 1.55 bits per heavy atom. The van der Waals surface area contributed by atoms with Gasteiger partial charge in [-0.1, -0.05) is 6.07 Å². The third kappa shape index (κ3) is 4.01. The van der Waals surface area contributed by atoms with E-state index in [9.17, 15) is 10.1 Å². The van der Waals surface area contributed by atoms with Crippen LogP contribution in [0.15, 0.2) is 22.7 Å². The second-order valence-electron chi connectivity index (χ2n) is 5.09. The molecular formula is C14H19BrN2O3. The number of halogens is 1. The number of nitro benzene ring substituents is 1. The van der Waals surface area contributed by atoms with Crippen molar-refractivity contribution in [3.63, 3.8) is 0 Å². The van der Waals surface area contributed by atoms with Gasteiger partial charge in [-0.15, -0.1) is 0 Å². The van der Waals surface area contributed by atoms with Gasteiger partial charge in [0.05, 0.1) is 16.0 Å². The highest BCUT2D eigenvalue weighted by Gasteiger charge is 2.23. The largest absolute Gasteiger partial charge is 0.381 e. The fraction of sp³-hybridized carbons (Fsp3) is 0.571. The molecule has 0 aliphatic carbocycles. The maximum Gasteiger partial charge on any atom is 0.283 e. The van der Waals surface area contributed by atoms with E-state index in [4.69, 9.17) is 4.74 Å². The number of nitrogens with zero attached hydrogens (tertiary/aromatic N) is 2. The van der Waals surface area contributed by atoms with Gasteiger partial charge in [0.15, 0.2) is 0 Å². The summed E-state index contributed by atoms with van der Waals surface area (Å²) in [5.41, 5.74) is 1.12. The minimum atomic E-state index is -0.352. The second kappa shape index (κ2) is 7.15. The fourth-order valence-corrected chi connectivity index (χ4v) is 2.92. The van der Waals surface area contributed by atoms with Crippen LogP contribution in [0, 0.1) is 16.0 Å². The third-order valence-electron chi connectivity index (χ3n) is 3.54. The zero-order valence-electron chi connectivity index (χ0n) is 11.5. The summed E-state index contributed by atoms with van der Waals surface area (Å²) in [7, 11) is 0. The number of benzene rings is 1. The Balaban J connectivity index is 1.94. The maximum atomic E-state index is 10.9. The van der Waals surface area contributed by atoms with Crippen molar-refractivity contribution in [2.75, 3.05) is 26.3 Å². The lowest BCUT2D eigenvalue weighted by molar-refractivity contribution is -0.385. The van der Waals surface area contributed by atoms with Crippen molar-refractivity contribution >= 4 is 21.6 Å². The van der Waals surface area contributed by atoms with Gasteiger partial charge in [-0.2, -0.15) is 0 Å². The monoisotopic (exact) mass is 342 g/mol. The average Bonchev–Trinajstić information content (AvgIpc) is 2.86. The van der Waals surface area contributed by atoms with Crippen molar-refractivity contribution in [3.05, 3.63) is 38.3 Å². The Morgan fingerprint density at radius 2 is 2.35 bits per heavy atom. The van der Waals surface area contributed by atoms with Gasteiger partial charge in [-0.3, -0.25) is 15.0 Å². The molecule has 1 saturated heterocycles. The van der Waals surface area contributed by atoms with Gasteiger partial charge in [0.1, 0.15) is 0 Å². The van der Waals surface area contributed by atoms with E-state index in [0.717, 1.165) is 44.8 Å². The molecule has 1 aliphatic rings. The minimum absolute atomic E-state index is 0.132. The summed E-state index contributed by atoms with van der Waals surface area (Å²) in [6.07, 6.45) is 1.14. The number of hydrogen-bond acceptors (Lipinski definition) is 4. The number of ether oxygens (including phenoxy) is 1. The zero-order valence-corrected chi connectivity index (χ0v) is 13.1. The SMILES string of the molecule is CCOCC1CCN(Cc2ccc(Br)c([N+](=O)[O-])c2)C1. The molecular weight excluding hydrogens is 324 g/mol. The molecule has 0 aromatic heterocycles. The van der Waals surface area contributed by atoms with Crippen LogP contribution in [0.3, 0.4) is 0 Å². The van der Waals surface area contributed by atoms with Crippen molar-refractivity contribution in [2.24, 2.45) is 5.92 Å². The molecule has 0 N–H and O–H groups in total. The van der Waals surface area contributed by atoms with Gasteiger partial charge in [-0.05, 0) is 53.4 Å². The molecule has 2 rings (SSSR count). The Morgan fingerprint density at radius 3 is 3.05 bits per heavy atom. The third-order valence-corrected chi connectivity index (χ3v) is 4.21. The first-order chi connectivity index (χ1) is 9.60. The molecule has 1 fully saturated rings. The van der Waals surface area contributed by atoms with Crippen LogP contribution in [0.25, 0.3) is 0 Å². The molecule has 1 atom stereocenters. The second-order valence-corrected chi connectivity index (χ2v) is 5.95. The van der Waals surface area contributed by atoms with Crippen LogP contribution in [-0.2, 0) is 11.3 Å². The summed E-state index contributed by atoms with van der Waals surface area (Å²) < 4.78 is 5.99. The van der Waals surface area contributed by atoms with Gasteiger partial charge >= 0.3 is 0 Å². The predicted octanol–water partition coefficient (Wildman–Crippen LogP) is 3.22. The van der Waals surface area contributed by atoms with Crippen LogP contribution in [0.4, 0.5) is 5.69 Å². The molecule has 0 radical (unpaired) electrons. The molecule has 0 spiro atoms. The summed E-state index contributed by atoms with van der Waals surface area (Å²) in [5, 5.41) is 10.9. The molecule has 0 saturated carbocycles. The molecule has 5 nitrogen and oxygen atoms in total. The van der Waals surface area contributed by atoms with Crippen molar-refractivity contribution in [1.82, 2.24) is 4.90 Å². The standard InChI is InChI=1S/C14H19BrN2O3/c1-2-20-10-12-5-6-16(9-12)8-11-3-4-13(15)14(7-11)17(18)19/h3-4,7,12H,2,5-6,8-10H2,1H3. The van der Waals surface area contributed by atoms with Gasteiger partial charge in [0.25, 0.3) is 5.69 Å². The first-order valence-corrected chi connectivity index (χ1v) is 7.62. The maximum absolute atomic E-state index is 10.9. The molecule has 110 valence electrons. The molecule has 1 aliphatic heterocycles. The number of likely N-dealkylation sites (tertiary alicyclic amines) is 1. The zero-order chi connectivity index (χ0) is 14.5. The Labute approximate surface area is 127 Å². The molecule has 6 heteroatoms. The predicted molar refractivity (Wildman–Crippen MR) is 80.7 cm³/mol. The molecule has 0 amide bonds. The van der Waals surface area contributed by atoms with E-state index in [1.54, 1.807) is 12.1 Å². The summed E-state index contributed by atoms with van der Waals surface area (Å²) in [5.74, 6) is 0.584. The minimum Gasteiger partial charge on any atom is -0.381 e. The van der Waals surface area contributed by atoms with E-state index in [-0.39, 0.29) is 10.6 Å². The highest BCUT2D eigenvalue weighted by molar-refractivity contribution is 9.10. The van der Waals surface area contributed by atoms with E-state index in [2.05, 4.69) is 20.8 Å². The summed E-state index contributed by atoms with van der Waals surface area (Å²) >= 11 is 3.21. The van der Waals surface area contributed by atoms with Crippen LogP contribution in [0.2, 0.25) is 0 Å². The summed E-state index contributed by atoms with van der Waals surface area (Å²) in [4.78, 5) is 12.9. The Kier molecular flexibility index (Phi) is 5.51. The highest BCUT2D eigenvalue weighted by atomic mass is 79.9. The van der Waals surface area contributed by atoms with Gasteiger partial charge in [-0.25, -0.2) is 0 Å². The van der Waals surface area contributed by atoms with Gasteiger partial charge < -0.3 is 4.74 Å². The molecule has 1 unspecified atom stereocenters. The van der Waals surface area contributed by atoms with Gasteiger partial charge in [0, 0.05) is 25.8 Å². The fourth-order valence-electron chi connectivity index (χ4n) is 2.53. The lowest BCUT2D eigenvalue weighted by atomic mass is 10.1. The topological polar surface area (TPSA) is 55.6 Å². The van der Waals surface area contributed by atoms with Crippen LogP contribution in [0.5, 0.6) is 0 Å². The summed E-state index contributed by atoms with van der Waals surface area (Å²) in [6.45, 7) is 6.37. The van der Waals surface area contributed by atoms with E-state index in [1.165, 1.54) is 0 Å². The van der Waals surface area contributed by atoms with Crippen LogP contribution >= 0.6 is 15.9 Å². The molecule has 1 aromatic carbocycles. The molecule has 1 aromatic rings. The van der Waals surface area contributed by atoms with Crippen LogP contribution in [0.1, 0.15) is 18.9 Å². The Hall–Kier alpha value is -0.980. The molecule has 20 heavy (non-hydrogen) atoms. The van der Waals surface area contributed by atoms with E-state index in [0.29, 0.717) is 10.4 Å². The normalized spacial score (nSPS) is 19.4. The summed E-state index contributed by atoms with van der Waals surface area (Å²) in [6, 6.07) is 5.34. The highest BCUT2D eigenvalue weighted by Crippen LogP contribution is 2.27. The van der Waals surface area contributed by atoms with E-state index >= 15 is 0 Å². The van der Waals surface area contributed by atoms with E-state index in [1.807, 2.05) is 13.0 Å². The van der Waals surface area contributed by atoms with Crippen LogP contribution in [-0.4, -0.2) is 36.1 Å². The molecule has 0 bridgehead atoms.